The van der Waals surface area contributed by atoms with Crippen molar-refractivity contribution in [3.8, 4) is 0 Å². The van der Waals surface area contributed by atoms with Gasteiger partial charge < -0.3 is 40.0 Å². The van der Waals surface area contributed by atoms with E-state index in [-0.39, 0.29) is 44.2 Å². The zero-order valence-corrected chi connectivity index (χ0v) is 27.2. The van der Waals surface area contributed by atoms with Gasteiger partial charge in [-0.2, -0.15) is 0 Å². The predicted molar refractivity (Wildman–Crippen MR) is 165 cm³/mol. The van der Waals surface area contributed by atoms with Gasteiger partial charge in [0.05, 0.1) is 35.0 Å². The van der Waals surface area contributed by atoms with Crippen molar-refractivity contribution in [3.63, 3.8) is 0 Å². The van der Waals surface area contributed by atoms with Crippen molar-refractivity contribution >= 4 is 56.3 Å². The third-order valence-corrected chi connectivity index (χ3v) is 8.47. The zero-order chi connectivity index (χ0) is 32.0. The molecule has 2 unspecified atom stereocenters. The van der Waals surface area contributed by atoms with E-state index in [1.54, 1.807) is 32.0 Å². The van der Waals surface area contributed by atoms with Gasteiger partial charge >= 0.3 is 18.5 Å². The van der Waals surface area contributed by atoms with E-state index in [0.29, 0.717) is 67.1 Å². The summed E-state index contributed by atoms with van der Waals surface area (Å²) < 4.78 is 0. The second-order valence-corrected chi connectivity index (χ2v) is 11.5. The minimum absolute atomic E-state index is 0. The fourth-order valence-corrected chi connectivity index (χ4v) is 6.14. The number of aryl methyl sites for hydroxylation is 4. The Hall–Kier alpha value is -4.02. The van der Waals surface area contributed by atoms with Crippen LogP contribution in [0.15, 0.2) is 24.3 Å². The molecule has 3 aromatic heterocycles. The van der Waals surface area contributed by atoms with Crippen LogP contribution in [0.3, 0.4) is 0 Å². The number of carbonyl (C=O) groups is 2. The largest absolute Gasteiger partial charge is 3.00 e. The molecule has 5 rings (SSSR count). The Labute approximate surface area is 272 Å². The van der Waals surface area contributed by atoms with Gasteiger partial charge in [-0.05, 0) is 84.4 Å². The molecule has 0 radical (unpaired) electrons. The van der Waals surface area contributed by atoms with Gasteiger partial charge in [0.25, 0.3) is 0 Å². The number of nitrogens with zero attached hydrogens (tertiary/aromatic N) is 4. The molecule has 0 saturated carbocycles. The van der Waals surface area contributed by atoms with Gasteiger partial charge in [-0.15, -0.1) is 22.1 Å². The average molecular weight is 651 g/mol. The first-order valence-electron chi connectivity index (χ1n) is 14.6. The maximum atomic E-state index is 11.4. The van der Waals surface area contributed by atoms with Crippen molar-refractivity contribution < 1.29 is 48.5 Å². The van der Waals surface area contributed by atoms with E-state index in [1.165, 1.54) is 0 Å². The van der Waals surface area contributed by atoms with Crippen LogP contribution in [-0.4, -0.2) is 44.3 Å². The number of carbonyl (C=O) groups excluding carboxylic acids is 2. The fourth-order valence-electron chi connectivity index (χ4n) is 6.14. The van der Waals surface area contributed by atoms with Crippen molar-refractivity contribution in [3.05, 3.63) is 69.3 Å². The van der Waals surface area contributed by atoms with Crippen LogP contribution in [-0.2, 0) is 39.5 Å². The number of hydrogen-bond donors (Lipinski definition) is 2. The molecule has 2 aliphatic heterocycles. The molecule has 11 heteroatoms. The van der Waals surface area contributed by atoms with Crippen LogP contribution in [0.5, 0.6) is 0 Å². The van der Waals surface area contributed by atoms with E-state index in [2.05, 4.69) is 0 Å². The average Bonchev–Trinajstić information content (AvgIpc) is 3.59. The monoisotopic (exact) mass is 650 g/mol. The molecule has 45 heavy (non-hydrogen) atoms. The van der Waals surface area contributed by atoms with Crippen molar-refractivity contribution in [2.24, 2.45) is 0 Å². The molecule has 234 valence electrons. The molecular weight excluding hydrogens is 615 g/mol. The van der Waals surface area contributed by atoms with Crippen molar-refractivity contribution in [2.75, 3.05) is 0 Å². The van der Waals surface area contributed by atoms with Crippen LogP contribution in [0, 0.1) is 13.8 Å². The molecule has 2 aliphatic rings. The summed E-state index contributed by atoms with van der Waals surface area (Å²) in [6, 6.07) is 7.15. The first-order valence-corrected chi connectivity index (χ1v) is 14.6. The summed E-state index contributed by atoms with van der Waals surface area (Å²) in [7, 11) is 0. The summed E-state index contributed by atoms with van der Waals surface area (Å²) in [6.45, 7) is 10.8. The molecule has 0 fully saturated rings. The molecule has 0 aromatic carbocycles. The van der Waals surface area contributed by atoms with Crippen LogP contribution in [0.2, 0.25) is 0 Å². The molecule has 8 bridgehead atoms. The SMILES string of the molecule is CC1=C(C(C)O)c2cc3nc(cc4[n-]c(cc5[n-]c(cc1n2)c(C)c5CCC(=O)[O-])c(CCC(=O)[O-])c4C)C(C(C)O)=C3C.[H+].[Mn+3]. The van der Waals surface area contributed by atoms with Gasteiger partial charge in [-0.3, -0.25) is 0 Å². The summed E-state index contributed by atoms with van der Waals surface area (Å²) >= 11 is 0. The van der Waals surface area contributed by atoms with E-state index in [9.17, 15) is 30.0 Å². The number of allylic oxidation sites excluding steroid dienone is 2. The van der Waals surface area contributed by atoms with Gasteiger partial charge in [-0.25, -0.2) is 9.97 Å². The number of rotatable bonds is 8. The molecule has 5 heterocycles. The number of carboxylic acid groups (broad SMARTS) is 2. The summed E-state index contributed by atoms with van der Waals surface area (Å²) in [5.41, 5.74) is 10.2. The van der Waals surface area contributed by atoms with Gasteiger partial charge in [-0.1, -0.05) is 40.5 Å². The van der Waals surface area contributed by atoms with E-state index >= 15 is 0 Å². The second kappa shape index (κ2) is 13.1. The second-order valence-electron chi connectivity index (χ2n) is 11.5. The standard InChI is InChI=1S/C34H38N4O6.Mn/c1-15-21(7-9-31(41)42)27-14-28-22(8-10-32(43)44)16(2)24(36-28)12-29-34(20(6)40)18(4)26(38-29)13-30-33(19(5)39)17(3)25(37-30)11-23(15)35-27;/h11-14,19-20,39-40H,7-10H2,1-6H3,(H4,35,36,37,38,41,42,43,44);/q;+3/p-3. The topological polar surface area (TPSA) is 175 Å². The van der Waals surface area contributed by atoms with Gasteiger partial charge in [0.2, 0.25) is 0 Å². The summed E-state index contributed by atoms with van der Waals surface area (Å²) in [6.07, 6.45) is -1.73. The maximum Gasteiger partial charge on any atom is 3.00 e. The van der Waals surface area contributed by atoms with Crippen LogP contribution in [0.25, 0.3) is 44.4 Å². The molecule has 2 N–H and O–H groups in total. The Morgan fingerprint density at radius 3 is 1.47 bits per heavy atom. The minimum atomic E-state index is -1.19. The van der Waals surface area contributed by atoms with Crippen LogP contribution in [0.4, 0.5) is 0 Å². The third kappa shape index (κ3) is 6.53. The Morgan fingerprint density at radius 2 is 1.07 bits per heavy atom. The van der Waals surface area contributed by atoms with E-state index in [4.69, 9.17) is 19.9 Å². The normalized spacial score (nSPS) is 14.4. The number of fused-ring (bicyclic) bond motifs is 8. The Kier molecular flexibility index (Phi) is 9.89. The van der Waals surface area contributed by atoms with E-state index in [1.807, 2.05) is 33.8 Å². The molecule has 2 atom stereocenters. The van der Waals surface area contributed by atoms with Crippen molar-refractivity contribution in [1.82, 2.24) is 19.9 Å². The number of aromatic nitrogens is 4. The Bertz CT molecular complexity index is 1940. The van der Waals surface area contributed by atoms with Crippen molar-refractivity contribution in [1.29, 1.82) is 0 Å². The number of carboxylic acids is 2. The molecular formula is C34H35MnN4O6. The van der Waals surface area contributed by atoms with Crippen LogP contribution in [0.1, 0.15) is 87.0 Å². The number of hydrogen-bond acceptors (Lipinski definition) is 8. The Balaban J connectivity index is 0.00000288. The van der Waals surface area contributed by atoms with Crippen molar-refractivity contribution in [2.45, 2.75) is 79.4 Å². The summed E-state index contributed by atoms with van der Waals surface area (Å²) in [4.78, 5) is 42.3. The van der Waals surface area contributed by atoms with Crippen LogP contribution < -0.4 is 20.2 Å². The van der Waals surface area contributed by atoms with Gasteiger partial charge in [0, 0.05) is 23.1 Å². The van der Waals surface area contributed by atoms with Crippen LogP contribution >= 0.6 is 0 Å². The predicted octanol–water partition coefficient (Wildman–Crippen LogP) is 2.29. The summed E-state index contributed by atoms with van der Waals surface area (Å²) in [5, 5.41) is 44.3. The first-order chi connectivity index (χ1) is 20.8. The van der Waals surface area contributed by atoms with E-state index < -0.39 is 24.1 Å². The summed E-state index contributed by atoms with van der Waals surface area (Å²) in [5.74, 6) is -2.37. The van der Waals surface area contributed by atoms with Gasteiger partial charge in [0.1, 0.15) is 0 Å². The molecule has 0 aliphatic carbocycles. The number of aliphatic carboxylic acids is 2. The maximum absolute atomic E-state index is 11.4. The number of aliphatic hydroxyl groups excluding tert-OH is 2. The number of aliphatic hydroxyl groups is 2. The quantitative estimate of drug-likeness (QED) is 0.344. The van der Waals surface area contributed by atoms with Gasteiger partial charge in [0.15, 0.2) is 0 Å². The molecule has 10 nitrogen and oxygen atoms in total. The zero-order valence-electron chi connectivity index (χ0n) is 27.0. The Morgan fingerprint density at radius 1 is 0.689 bits per heavy atom. The molecule has 3 aromatic rings. The first kappa shape index (κ1) is 33.9. The third-order valence-electron chi connectivity index (χ3n) is 8.47. The minimum Gasteiger partial charge on any atom is -0.657 e. The molecule has 0 amide bonds. The fraction of sp³-hybridized carbons (Fsp3) is 0.353. The smallest absolute Gasteiger partial charge is 0.657 e. The molecule has 0 spiro atoms. The van der Waals surface area contributed by atoms with E-state index in [0.717, 1.165) is 22.3 Å². The molecule has 0 saturated heterocycles.